The number of carbonyl (C=O) groups is 1. The highest BCUT2D eigenvalue weighted by Gasteiger charge is 2.24. The number of nitrogens with zero attached hydrogens (tertiary/aromatic N) is 3. The molecule has 1 aliphatic rings. The van der Waals surface area contributed by atoms with Crippen LogP contribution in [0.3, 0.4) is 0 Å². The second-order valence-electron chi connectivity index (χ2n) is 6.08. The second-order valence-corrected chi connectivity index (χ2v) is 6.96. The van der Waals surface area contributed by atoms with Gasteiger partial charge in [-0.15, -0.1) is 11.3 Å². The molecule has 0 aliphatic carbocycles. The number of anilines is 2. The van der Waals surface area contributed by atoms with Gasteiger partial charge >= 0.3 is 0 Å². The minimum absolute atomic E-state index is 0.0212. The van der Waals surface area contributed by atoms with Gasteiger partial charge in [0.05, 0.1) is 13.2 Å². The van der Waals surface area contributed by atoms with E-state index in [1.807, 2.05) is 42.8 Å². The molecule has 1 atom stereocenters. The van der Waals surface area contributed by atoms with Crippen LogP contribution in [0.25, 0.3) is 0 Å². The molecule has 0 unspecified atom stereocenters. The fourth-order valence-electron chi connectivity index (χ4n) is 2.97. The summed E-state index contributed by atoms with van der Waals surface area (Å²) in [7, 11) is 1.63. The zero-order valence-electron chi connectivity index (χ0n) is 14.6. The van der Waals surface area contributed by atoms with Crippen LogP contribution in [-0.4, -0.2) is 55.1 Å². The quantitative estimate of drug-likeness (QED) is 0.888. The lowest BCUT2D eigenvalue weighted by Gasteiger charge is -2.26. The van der Waals surface area contributed by atoms with Crippen LogP contribution >= 0.6 is 11.3 Å². The summed E-state index contributed by atoms with van der Waals surface area (Å²) >= 11 is 1.67. The molecule has 3 rings (SSSR count). The molecule has 1 aromatic carbocycles. The third-order valence-corrected chi connectivity index (χ3v) is 5.34. The molecule has 0 spiro atoms. The first kappa shape index (κ1) is 17.7. The Kier molecular flexibility index (Phi) is 5.88. The van der Waals surface area contributed by atoms with Gasteiger partial charge < -0.3 is 15.0 Å². The lowest BCUT2D eigenvalue weighted by Crippen LogP contribution is -2.43. The van der Waals surface area contributed by atoms with E-state index in [9.17, 15) is 4.79 Å². The van der Waals surface area contributed by atoms with Crippen molar-refractivity contribution in [1.29, 1.82) is 0 Å². The lowest BCUT2D eigenvalue weighted by molar-refractivity contribution is -0.120. The van der Waals surface area contributed by atoms with Crippen molar-refractivity contribution in [2.45, 2.75) is 19.4 Å². The third-order valence-electron chi connectivity index (χ3n) is 4.51. The van der Waals surface area contributed by atoms with Crippen LogP contribution in [0.2, 0.25) is 0 Å². The Morgan fingerprint density at radius 2 is 2.04 bits per heavy atom. The molecule has 6 nitrogen and oxygen atoms in total. The average molecular weight is 360 g/mol. The highest BCUT2D eigenvalue weighted by Crippen LogP contribution is 2.20. The zero-order chi connectivity index (χ0) is 17.6. The highest BCUT2D eigenvalue weighted by molar-refractivity contribution is 7.13. The van der Waals surface area contributed by atoms with Crippen molar-refractivity contribution < 1.29 is 9.53 Å². The SMILES string of the molecule is COc1ccc(NC(=O)[C@@H](C)N2CCCN(c3nccs3)CC2)cc1. The minimum Gasteiger partial charge on any atom is -0.497 e. The summed E-state index contributed by atoms with van der Waals surface area (Å²) in [5.74, 6) is 0.800. The summed E-state index contributed by atoms with van der Waals surface area (Å²) in [4.78, 5) is 21.5. The van der Waals surface area contributed by atoms with Crippen LogP contribution in [0.15, 0.2) is 35.8 Å². The molecule has 2 aromatic rings. The normalized spacial score (nSPS) is 17.0. The van der Waals surface area contributed by atoms with Crippen molar-refractivity contribution >= 4 is 28.1 Å². The average Bonchev–Trinajstić information content (AvgIpc) is 3.06. The van der Waals surface area contributed by atoms with E-state index in [4.69, 9.17) is 4.74 Å². The summed E-state index contributed by atoms with van der Waals surface area (Å²) in [5, 5.41) is 6.06. The number of benzene rings is 1. The van der Waals surface area contributed by atoms with Crippen molar-refractivity contribution in [3.8, 4) is 5.75 Å². The summed E-state index contributed by atoms with van der Waals surface area (Å²) in [6, 6.07) is 7.24. The standard InChI is InChI=1S/C18H24N4O2S/c1-14(17(23)20-15-4-6-16(24-2)7-5-15)21-9-3-10-22(12-11-21)18-19-8-13-25-18/h4-8,13-14H,3,9-12H2,1-2H3,(H,20,23)/t14-/m1/s1. The van der Waals surface area contributed by atoms with E-state index in [1.165, 1.54) is 0 Å². The summed E-state index contributed by atoms with van der Waals surface area (Å²) in [6.07, 6.45) is 2.87. The number of thiazole rings is 1. The van der Waals surface area contributed by atoms with E-state index in [1.54, 1.807) is 18.4 Å². The molecular weight excluding hydrogens is 336 g/mol. The van der Waals surface area contributed by atoms with E-state index in [0.717, 1.165) is 49.2 Å². The monoisotopic (exact) mass is 360 g/mol. The maximum absolute atomic E-state index is 12.6. The predicted molar refractivity (Wildman–Crippen MR) is 102 cm³/mol. The van der Waals surface area contributed by atoms with Crippen LogP contribution < -0.4 is 15.0 Å². The fraction of sp³-hybridized carbons (Fsp3) is 0.444. The molecule has 0 radical (unpaired) electrons. The van der Waals surface area contributed by atoms with Crippen LogP contribution in [0.4, 0.5) is 10.8 Å². The molecular formula is C18H24N4O2S. The molecule has 0 saturated carbocycles. The van der Waals surface area contributed by atoms with Gasteiger partial charge in [0.15, 0.2) is 5.13 Å². The van der Waals surface area contributed by atoms with Crippen molar-refractivity contribution in [3.63, 3.8) is 0 Å². The van der Waals surface area contributed by atoms with E-state index >= 15 is 0 Å². The molecule has 25 heavy (non-hydrogen) atoms. The van der Waals surface area contributed by atoms with Gasteiger partial charge in [-0.2, -0.15) is 0 Å². The van der Waals surface area contributed by atoms with Crippen molar-refractivity contribution in [2.75, 3.05) is 43.5 Å². The van der Waals surface area contributed by atoms with Crippen molar-refractivity contribution in [3.05, 3.63) is 35.8 Å². The van der Waals surface area contributed by atoms with Crippen molar-refractivity contribution in [2.24, 2.45) is 0 Å². The Bertz CT molecular complexity index is 675. The second kappa shape index (κ2) is 8.31. The lowest BCUT2D eigenvalue weighted by atomic mass is 10.2. The number of hydrogen-bond acceptors (Lipinski definition) is 6. The summed E-state index contributed by atoms with van der Waals surface area (Å²) < 4.78 is 5.14. The topological polar surface area (TPSA) is 57.7 Å². The Labute approximate surface area is 152 Å². The number of rotatable bonds is 5. The van der Waals surface area contributed by atoms with Crippen LogP contribution in [0.1, 0.15) is 13.3 Å². The van der Waals surface area contributed by atoms with Gasteiger partial charge in [-0.05, 0) is 37.6 Å². The maximum Gasteiger partial charge on any atom is 0.241 e. The fourth-order valence-corrected chi connectivity index (χ4v) is 3.67. The zero-order valence-corrected chi connectivity index (χ0v) is 15.5. The molecule has 1 aromatic heterocycles. The Morgan fingerprint density at radius 1 is 1.24 bits per heavy atom. The summed E-state index contributed by atoms with van der Waals surface area (Å²) in [5.41, 5.74) is 0.789. The Balaban J connectivity index is 1.56. The third kappa shape index (κ3) is 4.49. The number of aromatic nitrogens is 1. The molecule has 2 heterocycles. The van der Waals surface area contributed by atoms with Crippen LogP contribution in [0.5, 0.6) is 5.75 Å². The van der Waals surface area contributed by atoms with E-state index < -0.39 is 0 Å². The first-order valence-electron chi connectivity index (χ1n) is 8.51. The van der Waals surface area contributed by atoms with Crippen molar-refractivity contribution in [1.82, 2.24) is 9.88 Å². The molecule has 7 heteroatoms. The minimum atomic E-state index is -0.168. The van der Waals surface area contributed by atoms with Gasteiger partial charge in [0, 0.05) is 43.4 Å². The predicted octanol–water partition coefficient (Wildman–Crippen LogP) is 2.69. The van der Waals surface area contributed by atoms with Gasteiger partial charge in [0.2, 0.25) is 5.91 Å². The summed E-state index contributed by atoms with van der Waals surface area (Å²) in [6.45, 7) is 5.62. The number of carbonyl (C=O) groups excluding carboxylic acids is 1. The number of hydrogen-bond donors (Lipinski definition) is 1. The Hall–Kier alpha value is -2.12. The maximum atomic E-state index is 12.6. The van der Waals surface area contributed by atoms with Gasteiger partial charge in [-0.25, -0.2) is 4.98 Å². The molecule has 0 bridgehead atoms. The van der Waals surface area contributed by atoms with Crippen LogP contribution in [-0.2, 0) is 4.79 Å². The smallest absolute Gasteiger partial charge is 0.241 e. The van der Waals surface area contributed by atoms with E-state index in [-0.39, 0.29) is 11.9 Å². The van der Waals surface area contributed by atoms with Gasteiger partial charge in [-0.1, -0.05) is 0 Å². The first-order valence-corrected chi connectivity index (χ1v) is 9.39. The largest absolute Gasteiger partial charge is 0.497 e. The number of ether oxygens (including phenoxy) is 1. The van der Waals surface area contributed by atoms with Gasteiger partial charge in [0.25, 0.3) is 0 Å². The van der Waals surface area contributed by atoms with Gasteiger partial charge in [0.1, 0.15) is 5.75 Å². The molecule has 1 aliphatic heterocycles. The number of methoxy groups -OCH3 is 1. The number of amides is 1. The molecule has 134 valence electrons. The van der Waals surface area contributed by atoms with E-state index in [2.05, 4.69) is 20.1 Å². The number of nitrogens with one attached hydrogen (secondary N) is 1. The Morgan fingerprint density at radius 3 is 2.72 bits per heavy atom. The van der Waals surface area contributed by atoms with Crippen LogP contribution in [0, 0.1) is 0 Å². The first-order chi connectivity index (χ1) is 12.2. The van der Waals surface area contributed by atoms with E-state index in [0.29, 0.717) is 0 Å². The molecule has 1 fully saturated rings. The molecule has 1 saturated heterocycles. The molecule has 1 amide bonds. The highest BCUT2D eigenvalue weighted by atomic mass is 32.1. The molecule has 1 N–H and O–H groups in total. The van der Waals surface area contributed by atoms with Gasteiger partial charge in [-0.3, -0.25) is 9.69 Å².